The minimum Gasteiger partial charge on any atom is -0.224 e. The van der Waals surface area contributed by atoms with E-state index in [2.05, 4.69) is 0 Å². The van der Waals surface area contributed by atoms with Gasteiger partial charge in [-0.15, -0.1) is 0 Å². The van der Waals surface area contributed by atoms with Gasteiger partial charge in [0.25, 0.3) is 0 Å². The molecule has 1 aromatic carbocycles. The molecule has 0 saturated heterocycles. The minimum absolute atomic E-state index is 0.0640. The molecule has 0 atom stereocenters. The average molecular weight is 344 g/mol. The summed E-state index contributed by atoms with van der Waals surface area (Å²) in [6.07, 6.45) is 0.847. The van der Waals surface area contributed by atoms with Gasteiger partial charge in [-0.2, -0.15) is 0 Å². The molecular formula is C16H24O4S2. The molecule has 4 nitrogen and oxygen atoms in total. The van der Waals surface area contributed by atoms with E-state index in [0.717, 1.165) is 0 Å². The Morgan fingerprint density at radius 1 is 0.682 bits per heavy atom. The Morgan fingerprint density at radius 3 is 1.14 bits per heavy atom. The van der Waals surface area contributed by atoms with E-state index in [1.165, 1.54) is 0 Å². The van der Waals surface area contributed by atoms with Crippen molar-refractivity contribution in [3.63, 3.8) is 0 Å². The Labute approximate surface area is 133 Å². The second-order valence-electron chi connectivity index (χ2n) is 4.94. The number of rotatable bonds is 6. The Hall–Kier alpha value is -1.14. The lowest BCUT2D eigenvalue weighted by molar-refractivity contribution is 0.604. The number of benzene rings is 1. The van der Waals surface area contributed by atoms with Gasteiger partial charge < -0.3 is 0 Å². The van der Waals surface area contributed by atoms with Crippen LogP contribution in [0.1, 0.15) is 40.5 Å². The van der Waals surface area contributed by atoms with Crippen LogP contribution in [0.2, 0.25) is 0 Å². The third kappa shape index (κ3) is 3.98. The Balaban J connectivity index is 3.67. The molecular weight excluding hydrogens is 320 g/mol. The Morgan fingerprint density at radius 2 is 0.955 bits per heavy atom. The third-order valence-corrected chi connectivity index (χ3v) is 7.75. The first-order chi connectivity index (χ1) is 10.2. The molecule has 0 amide bonds. The second-order valence-corrected chi connectivity index (χ2v) is 9.54. The number of sulfone groups is 2. The summed E-state index contributed by atoms with van der Waals surface area (Å²) in [5, 5.41) is 1.27. The molecule has 0 heterocycles. The van der Waals surface area contributed by atoms with Crippen LogP contribution in [0.3, 0.4) is 0 Å². The average Bonchev–Trinajstić information content (AvgIpc) is 2.49. The van der Waals surface area contributed by atoms with Gasteiger partial charge in [-0.25, -0.2) is 16.8 Å². The van der Waals surface area contributed by atoms with E-state index in [1.807, 2.05) is 13.8 Å². The van der Waals surface area contributed by atoms with Crippen molar-refractivity contribution in [2.24, 2.45) is 0 Å². The molecule has 0 aliphatic heterocycles. The predicted octanol–water partition coefficient (Wildman–Crippen LogP) is 1.59. The highest BCUT2D eigenvalue weighted by Crippen LogP contribution is 2.12. The first-order valence-corrected chi connectivity index (χ1v) is 10.8. The smallest absolute Gasteiger partial charge is 0.174 e. The molecule has 22 heavy (non-hydrogen) atoms. The summed E-state index contributed by atoms with van der Waals surface area (Å²) in [4.78, 5) is 0.802. The van der Waals surface area contributed by atoms with Gasteiger partial charge in [-0.1, -0.05) is 52.0 Å². The van der Waals surface area contributed by atoms with Crippen molar-refractivity contribution in [2.75, 3.05) is 11.5 Å². The van der Waals surface area contributed by atoms with E-state index in [4.69, 9.17) is 0 Å². The van der Waals surface area contributed by atoms with Crippen LogP contribution >= 0.6 is 0 Å². The van der Waals surface area contributed by atoms with Crippen LogP contribution in [-0.4, -0.2) is 28.3 Å². The van der Waals surface area contributed by atoms with Crippen LogP contribution in [0.15, 0.2) is 24.3 Å². The van der Waals surface area contributed by atoms with E-state index >= 15 is 0 Å². The highest BCUT2D eigenvalue weighted by Gasteiger charge is 2.15. The molecule has 0 fully saturated rings. The lowest BCUT2D eigenvalue weighted by Crippen LogP contribution is -2.20. The largest absolute Gasteiger partial charge is 0.224 e. The SMILES string of the molecule is CCC(=c1ccc(=C(CC)S(=O)(=O)CC)cc1)S(=O)(=O)CC. The maximum absolute atomic E-state index is 12.1. The zero-order valence-corrected chi connectivity index (χ0v) is 15.2. The molecule has 0 spiro atoms. The van der Waals surface area contributed by atoms with Crippen molar-refractivity contribution < 1.29 is 16.8 Å². The van der Waals surface area contributed by atoms with Crippen molar-refractivity contribution in [3.8, 4) is 0 Å². The fraction of sp³-hybridized carbons (Fsp3) is 0.500. The van der Waals surface area contributed by atoms with Gasteiger partial charge in [0.2, 0.25) is 0 Å². The van der Waals surface area contributed by atoms with Crippen LogP contribution in [0.25, 0.3) is 9.81 Å². The minimum atomic E-state index is -3.24. The van der Waals surface area contributed by atoms with Crippen molar-refractivity contribution in [1.29, 1.82) is 0 Å². The normalized spacial score (nSPS) is 12.2. The highest BCUT2D eigenvalue weighted by atomic mass is 32.2. The lowest BCUT2D eigenvalue weighted by Gasteiger charge is -2.06. The van der Waals surface area contributed by atoms with Gasteiger partial charge >= 0.3 is 0 Å². The van der Waals surface area contributed by atoms with Crippen LogP contribution in [0.5, 0.6) is 0 Å². The van der Waals surface area contributed by atoms with Crippen molar-refractivity contribution in [1.82, 2.24) is 0 Å². The maximum atomic E-state index is 12.1. The molecule has 1 rings (SSSR count). The van der Waals surface area contributed by atoms with Crippen LogP contribution in [0.4, 0.5) is 0 Å². The first-order valence-electron chi connectivity index (χ1n) is 7.51. The molecule has 0 unspecified atom stereocenters. The summed E-state index contributed by atoms with van der Waals surface area (Å²) >= 11 is 0. The van der Waals surface area contributed by atoms with Gasteiger partial charge in [-0.3, -0.25) is 0 Å². The summed E-state index contributed by atoms with van der Waals surface area (Å²) in [5.74, 6) is 0.128. The predicted molar refractivity (Wildman–Crippen MR) is 92.0 cm³/mol. The fourth-order valence-corrected chi connectivity index (χ4v) is 4.96. The third-order valence-electron chi connectivity index (χ3n) is 3.68. The quantitative estimate of drug-likeness (QED) is 0.786. The summed E-state index contributed by atoms with van der Waals surface area (Å²) < 4.78 is 48.3. The van der Waals surface area contributed by atoms with Gasteiger partial charge in [0.15, 0.2) is 19.7 Å². The molecule has 0 saturated carbocycles. The molecule has 0 aliphatic carbocycles. The molecule has 1 aromatic rings. The van der Waals surface area contributed by atoms with E-state index in [0.29, 0.717) is 33.1 Å². The van der Waals surface area contributed by atoms with Crippen LogP contribution < -0.4 is 10.4 Å². The summed E-state index contributed by atoms with van der Waals surface area (Å²) in [6.45, 7) is 6.86. The highest BCUT2D eigenvalue weighted by molar-refractivity contribution is 8.00. The molecule has 0 radical (unpaired) electrons. The summed E-state index contributed by atoms with van der Waals surface area (Å²) in [6, 6.07) is 6.79. The molecule has 0 aromatic heterocycles. The van der Waals surface area contributed by atoms with E-state index in [-0.39, 0.29) is 11.5 Å². The van der Waals surface area contributed by atoms with Crippen LogP contribution in [-0.2, 0) is 19.7 Å². The molecule has 0 bridgehead atoms. The van der Waals surface area contributed by atoms with Crippen molar-refractivity contribution >= 4 is 29.5 Å². The fourth-order valence-electron chi connectivity index (χ4n) is 2.40. The second kappa shape index (κ2) is 7.42. The first kappa shape index (κ1) is 18.9. The van der Waals surface area contributed by atoms with Gasteiger partial charge in [0.1, 0.15) is 0 Å². The molecule has 124 valence electrons. The van der Waals surface area contributed by atoms with E-state index < -0.39 is 19.7 Å². The zero-order chi connectivity index (χ0) is 17.0. The van der Waals surface area contributed by atoms with Crippen LogP contribution in [0, 0.1) is 0 Å². The summed E-state index contributed by atoms with van der Waals surface area (Å²) in [5.41, 5.74) is 0. The van der Waals surface area contributed by atoms with E-state index in [1.54, 1.807) is 38.1 Å². The Bertz CT molecular complexity index is 751. The molecule has 0 N–H and O–H groups in total. The molecule has 0 aliphatic rings. The molecule has 6 heteroatoms. The standard InChI is InChI=1S/C16H24O4S2/c1-5-15(21(17,18)7-3)13-9-11-14(12-10-13)16(6-2)22(19,20)8-4/h9-12H,5-8H2,1-4H3. The van der Waals surface area contributed by atoms with Crippen molar-refractivity contribution in [3.05, 3.63) is 34.7 Å². The van der Waals surface area contributed by atoms with Gasteiger partial charge in [0.05, 0.1) is 21.3 Å². The van der Waals surface area contributed by atoms with Gasteiger partial charge in [0, 0.05) is 0 Å². The van der Waals surface area contributed by atoms with E-state index in [9.17, 15) is 16.8 Å². The Kier molecular flexibility index (Phi) is 6.38. The maximum Gasteiger partial charge on any atom is 0.174 e. The summed E-state index contributed by atoms with van der Waals surface area (Å²) in [7, 11) is -6.49. The number of hydrogen-bond acceptors (Lipinski definition) is 4. The zero-order valence-electron chi connectivity index (χ0n) is 13.6. The monoisotopic (exact) mass is 344 g/mol. The number of hydrogen-bond donors (Lipinski definition) is 0. The lowest BCUT2D eigenvalue weighted by atomic mass is 10.2. The topological polar surface area (TPSA) is 68.3 Å². The van der Waals surface area contributed by atoms with Gasteiger partial charge in [-0.05, 0) is 23.3 Å². The van der Waals surface area contributed by atoms with Crippen molar-refractivity contribution in [2.45, 2.75) is 40.5 Å².